The summed E-state index contributed by atoms with van der Waals surface area (Å²) in [5.41, 5.74) is 15.2. The standard InChI is InChI=1S/C38H37NO/c1-24-20-25(2)35(26(3)21-24)32-14-11-15-33(23-32)38(40)36-27(4)22-28(5)37(29(36)6)39(7)34-18-16-31(17-19-34)30-12-9-8-10-13-30/h8-23H,1-7H3. The molecule has 0 radical (unpaired) electrons. The minimum absolute atomic E-state index is 0.0633. The molecule has 0 aromatic heterocycles. The third-order valence-electron chi connectivity index (χ3n) is 7.95. The molecular formula is C38H37NO. The molecule has 40 heavy (non-hydrogen) atoms. The van der Waals surface area contributed by atoms with Crippen molar-refractivity contribution in [1.29, 1.82) is 0 Å². The molecule has 0 unspecified atom stereocenters. The fraction of sp³-hybridized carbons (Fsp3) is 0.184. The van der Waals surface area contributed by atoms with E-state index in [0.717, 1.165) is 39.2 Å². The molecule has 5 aromatic rings. The predicted octanol–water partition coefficient (Wildman–Crippen LogP) is 9.87. The average molecular weight is 524 g/mol. The number of anilines is 2. The third kappa shape index (κ3) is 5.10. The van der Waals surface area contributed by atoms with Gasteiger partial charge in [0.1, 0.15) is 0 Å². The summed E-state index contributed by atoms with van der Waals surface area (Å²) in [5.74, 6) is 0.0633. The molecule has 0 aliphatic carbocycles. The van der Waals surface area contributed by atoms with Gasteiger partial charge in [-0.25, -0.2) is 0 Å². The van der Waals surface area contributed by atoms with E-state index >= 15 is 0 Å². The molecule has 0 saturated heterocycles. The van der Waals surface area contributed by atoms with Gasteiger partial charge in [-0.05, 0) is 110 Å². The predicted molar refractivity (Wildman–Crippen MR) is 170 cm³/mol. The zero-order valence-electron chi connectivity index (χ0n) is 24.6. The second kappa shape index (κ2) is 11.0. The van der Waals surface area contributed by atoms with Crippen LogP contribution in [0.15, 0.2) is 97.1 Å². The summed E-state index contributed by atoms with van der Waals surface area (Å²) < 4.78 is 0. The van der Waals surface area contributed by atoms with Crippen molar-refractivity contribution in [1.82, 2.24) is 0 Å². The first-order valence-electron chi connectivity index (χ1n) is 13.9. The number of hydrogen-bond acceptors (Lipinski definition) is 2. The summed E-state index contributed by atoms with van der Waals surface area (Å²) in [5, 5.41) is 0. The number of hydrogen-bond donors (Lipinski definition) is 0. The highest BCUT2D eigenvalue weighted by Gasteiger charge is 2.22. The summed E-state index contributed by atoms with van der Waals surface area (Å²) >= 11 is 0. The molecule has 0 amide bonds. The zero-order valence-corrected chi connectivity index (χ0v) is 24.6. The van der Waals surface area contributed by atoms with Gasteiger partial charge in [-0.1, -0.05) is 84.4 Å². The van der Waals surface area contributed by atoms with Crippen LogP contribution in [0.3, 0.4) is 0 Å². The van der Waals surface area contributed by atoms with Crippen LogP contribution in [0.5, 0.6) is 0 Å². The first-order valence-corrected chi connectivity index (χ1v) is 13.9. The Bertz CT molecular complexity index is 1690. The number of carbonyl (C=O) groups is 1. The summed E-state index contributed by atoms with van der Waals surface area (Å²) in [7, 11) is 2.08. The molecule has 200 valence electrons. The van der Waals surface area contributed by atoms with Crippen LogP contribution in [0, 0.1) is 41.5 Å². The van der Waals surface area contributed by atoms with Crippen molar-refractivity contribution in [3.63, 3.8) is 0 Å². The summed E-state index contributed by atoms with van der Waals surface area (Å²) in [4.78, 5) is 16.3. The lowest BCUT2D eigenvalue weighted by molar-refractivity contribution is 0.103. The van der Waals surface area contributed by atoms with E-state index in [-0.39, 0.29) is 5.78 Å². The number of aryl methyl sites for hydroxylation is 5. The van der Waals surface area contributed by atoms with Crippen molar-refractivity contribution in [3.05, 3.63) is 142 Å². The summed E-state index contributed by atoms with van der Waals surface area (Å²) in [6.07, 6.45) is 0. The second-order valence-corrected chi connectivity index (χ2v) is 11.0. The SMILES string of the molecule is Cc1cc(C)c(-c2cccc(C(=O)c3c(C)cc(C)c(N(C)c4ccc(-c5ccccc5)cc4)c3C)c2)c(C)c1. The van der Waals surface area contributed by atoms with Crippen LogP contribution in [-0.4, -0.2) is 12.8 Å². The Kier molecular flexibility index (Phi) is 7.45. The maximum atomic E-state index is 14.1. The maximum absolute atomic E-state index is 14.1. The van der Waals surface area contributed by atoms with Crippen molar-refractivity contribution in [2.24, 2.45) is 0 Å². The van der Waals surface area contributed by atoms with E-state index in [9.17, 15) is 4.79 Å². The van der Waals surface area contributed by atoms with E-state index in [4.69, 9.17) is 0 Å². The maximum Gasteiger partial charge on any atom is 0.193 e. The Morgan fingerprint density at radius 3 is 1.82 bits per heavy atom. The first-order chi connectivity index (χ1) is 19.2. The quantitative estimate of drug-likeness (QED) is 0.206. The molecule has 0 N–H and O–H groups in total. The van der Waals surface area contributed by atoms with Crippen LogP contribution in [0.4, 0.5) is 11.4 Å². The lowest BCUT2D eigenvalue weighted by atomic mass is 9.88. The molecule has 2 nitrogen and oxygen atoms in total. The summed E-state index contributed by atoms with van der Waals surface area (Å²) in [6, 6.07) is 33.7. The van der Waals surface area contributed by atoms with Gasteiger partial charge in [-0.3, -0.25) is 4.79 Å². The van der Waals surface area contributed by atoms with Crippen molar-refractivity contribution < 1.29 is 4.79 Å². The number of carbonyl (C=O) groups excluding carboxylic acids is 1. The normalized spacial score (nSPS) is 11.0. The van der Waals surface area contributed by atoms with Gasteiger partial charge in [0.05, 0.1) is 0 Å². The van der Waals surface area contributed by atoms with Gasteiger partial charge in [-0.15, -0.1) is 0 Å². The van der Waals surface area contributed by atoms with Crippen LogP contribution < -0.4 is 4.90 Å². The van der Waals surface area contributed by atoms with E-state index < -0.39 is 0 Å². The fourth-order valence-corrected chi connectivity index (χ4v) is 6.27. The molecule has 0 spiro atoms. The van der Waals surface area contributed by atoms with Crippen molar-refractivity contribution in [2.75, 3.05) is 11.9 Å². The molecule has 2 heteroatoms. The fourth-order valence-electron chi connectivity index (χ4n) is 6.27. The largest absolute Gasteiger partial charge is 0.344 e. The Morgan fingerprint density at radius 1 is 0.575 bits per heavy atom. The molecule has 5 rings (SSSR count). The number of benzene rings is 5. The minimum atomic E-state index is 0.0633. The highest BCUT2D eigenvalue weighted by Crippen LogP contribution is 2.36. The molecule has 0 heterocycles. The first kappa shape index (κ1) is 27.1. The average Bonchev–Trinajstić information content (AvgIpc) is 2.93. The molecule has 0 saturated carbocycles. The molecule has 0 fully saturated rings. The number of ketones is 1. The molecule has 0 atom stereocenters. The van der Waals surface area contributed by atoms with Gasteiger partial charge in [0.15, 0.2) is 5.78 Å². The monoisotopic (exact) mass is 523 g/mol. The van der Waals surface area contributed by atoms with E-state index in [2.05, 4.69) is 125 Å². The van der Waals surface area contributed by atoms with Crippen molar-refractivity contribution in [2.45, 2.75) is 41.5 Å². The molecule has 0 aliphatic rings. The molecule has 0 aliphatic heterocycles. The molecular weight excluding hydrogens is 486 g/mol. The smallest absolute Gasteiger partial charge is 0.193 e. The second-order valence-electron chi connectivity index (χ2n) is 11.0. The van der Waals surface area contributed by atoms with E-state index in [1.165, 1.54) is 33.4 Å². The highest BCUT2D eigenvalue weighted by atomic mass is 16.1. The topological polar surface area (TPSA) is 20.3 Å². The molecule has 0 bridgehead atoms. The van der Waals surface area contributed by atoms with Crippen LogP contribution in [0.1, 0.15) is 49.3 Å². The van der Waals surface area contributed by atoms with Crippen molar-refractivity contribution >= 4 is 17.2 Å². The van der Waals surface area contributed by atoms with E-state index in [0.29, 0.717) is 5.56 Å². The van der Waals surface area contributed by atoms with Gasteiger partial charge < -0.3 is 4.90 Å². The zero-order chi connectivity index (χ0) is 28.6. The lowest BCUT2D eigenvalue weighted by Gasteiger charge is -2.26. The van der Waals surface area contributed by atoms with Gasteiger partial charge in [-0.2, -0.15) is 0 Å². The van der Waals surface area contributed by atoms with Gasteiger partial charge in [0.25, 0.3) is 0 Å². The third-order valence-corrected chi connectivity index (χ3v) is 7.95. The molecule has 5 aromatic carbocycles. The summed E-state index contributed by atoms with van der Waals surface area (Å²) in [6.45, 7) is 12.7. The number of nitrogens with zero attached hydrogens (tertiary/aromatic N) is 1. The Hall–Kier alpha value is -4.43. The van der Waals surface area contributed by atoms with Crippen LogP contribution in [-0.2, 0) is 0 Å². The van der Waals surface area contributed by atoms with Crippen molar-refractivity contribution in [3.8, 4) is 22.3 Å². The van der Waals surface area contributed by atoms with Gasteiger partial charge in [0, 0.05) is 29.5 Å². The van der Waals surface area contributed by atoms with Gasteiger partial charge in [0.2, 0.25) is 0 Å². The van der Waals surface area contributed by atoms with Gasteiger partial charge >= 0.3 is 0 Å². The van der Waals surface area contributed by atoms with E-state index in [1.807, 2.05) is 25.1 Å². The lowest BCUT2D eigenvalue weighted by Crippen LogP contribution is -2.16. The van der Waals surface area contributed by atoms with E-state index in [1.54, 1.807) is 0 Å². The minimum Gasteiger partial charge on any atom is -0.344 e. The van der Waals surface area contributed by atoms with Crippen LogP contribution in [0.2, 0.25) is 0 Å². The Morgan fingerprint density at radius 2 is 1.18 bits per heavy atom. The highest BCUT2D eigenvalue weighted by molar-refractivity contribution is 6.12. The number of rotatable bonds is 6. The van der Waals surface area contributed by atoms with Crippen LogP contribution >= 0.6 is 0 Å². The Labute approximate surface area is 239 Å². The Balaban J connectivity index is 1.52. The van der Waals surface area contributed by atoms with Crippen LogP contribution in [0.25, 0.3) is 22.3 Å².